The molecule has 0 aliphatic rings. The molecule has 10 heteroatoms. The topological polar surface area (TPSA) is 116 Å². The molecule has 2 rings (SSSR count). The molecule has 8 nitrogen and oxygen atoms in total. The summed E-state index contributed by atoms with van der Waals surface area (Å²) >= 11 is 0.932. The number of anilines is 1. The van der Waals surface area contributed by atoms with Gasteiger partial charge < -0.3 is 5.73 Å². The maximum Gasteiger partial charge on any atom is 0.252 e. The molecule has 0 atom stereocenters. The van der Waals surface area contributed by atoms with Gasteiger partial charge >= 0.3 is 0 Å². The van der Waals surface area contributed by atoms with Gasteiger partial charge in [0.15, 0.2) is 15.2 Å². The van der Waals surface area contributed by atoms with E-state index in [1.165, 1.54) is 11.0 Å². The molecule has 18 heavy (non-hydrogen) atoms. The zero-order valence-corrected chi connectivity index (χ0v) is 11.4. The van der Waals surface area contributed by atoms with Gasteiger partial charge in [0.25, 0.3) is 10.0 Å². The van der Waals surface area contributed by atoms with Gasteiger partial charge in [-0.25, -0.2) is 23.1 Å². The second kappa shape index (κ2) is 4.63. The standard InChI is InChI=1S/C8H12N6O2S2/c1-5-7(17-8(9)12-5)18(15,16)11-3-6-10-4-14(2)13-6/h4,11H,3H2,1-2H3,(H2,9,12). The number of hydrogen-bond donors (Lipinski definition) is 2. The highest BCUT2D eigenvalue weighted by molar-refractivity contribution is 7.91. The summed E-state index contributed by atoms with van der Waals surface area (Å²) in [6.45, 7) is 1.63. The van der Waals surface area contributed by atoms with Gasteiger partial charge in [0.1, 0.15) is 6.33 Å². The van der Waals surface area contributed by atoms with E-state index in [1.807, 2.05) is 0 Å². The van der Waals surface area contributed by atoms with Crippen molar-refractivity contribution in [3.8, 4) is 0 Å². The first-order valence-electron chi connectivity index (χ1n) is 4.95. The molecule has 0 unspecified atom stereocenters. The fourth-order valence-corrected chi connectivity index (χ4v) is 3.66. The Hall–Kier alpha value is -1.52. The van der Waals surface area contributed by atoms with E-state index < -0.39 is 10.0 Å². The lowest BCUT2D eigenvalue weighted by molar-refractivity contribution is 0.580. The molecule has 0 aliphatic heterocycles. The highest BCUT2D eigenvalue weighted by atomic mass is 32.2. The number of aryl methyl sites for hydroxylation is 2. The molecule has 0 bridgehead atoms. The molecule has 0 spiro atoms. The average molecular weight is 288 g/mol. The third-order valence-electron chi connectivity index (χ3n) is 2.08. The number of rotatable bonds is 4. The van der Waals surface area contributed by atoms with Crippen LogP contribution in [0.4, 0.5) is 5.13 Å². The van der Waals surface area contributed by atoms with Crippen LogP contribution in [-0.2, 0) is 23.6 Å². The summed E-state index contributed by atoms with van der Waals surface area (Å²) in [6, 6.07) is 0. The van der Waals surface area contributed by atoms with Crippen LogP contribution in [0.3, 0.4) is 0 Å². The van der Waals surface area contributed by atoms with Crippen LogP contribution in [0.2, 0.25) is 0 Å². The van der Waals surface area contributed by atoms with Gasteiger partial charge in [0, 0.05) is 7.05 Å². The van der Waals surface area contributed by atoms with Crippen LogP contribution in [0, 0.1) is 6.92 Å². The predicted molar refractivity (Wildman–Crippen MR) is 66.3 cm³/mol. The van der Waals surface area contributed by atoms with Crippen LogP contribution in [-0.4, -0.2) is 28.2 Å². The molecule has 98 valence electrons. The molecule has 0 amide bonds. The maximum absolute atomic E-state index is 12.0. The number of nitrogens with zero attached hydrogens (tertiary/aromatic N) is 4. The third kappa shape index (κ3) is 2.66. The molecule has 0 aliphatic carbocycles. The highest BCUT2D eigenvalue weighted by Gasteiger charge is 2.21. The van der Waals surface area contributed by atoms with Crippen LogP contribution in [0.25, 0.3) is 0 Å². The normalized spacial score (nSPS) is 11.9. The number of nitrogen functional groups attached to an aromatic ring is 1. The Balaban J connectivity index is 2.15. The van der Waals surface area contributed by atoms with Crippen molar-refractivity contribution in [3.05, 3.63) is 17.8 Å². The van der Waals surface area contributed by atoms with Crippen molar-refractivity contribution in [1.29, 1.82) is 0 Å². The number of aromatic nitrogens is 4. The van der Waals surface area contributed by atoms with Crippen molar-refractivity contribution in [2.24, 2.45) is 7.05 Å². The molecule has 0 aromatic carbocycles. The fourth-order valence-electron chi connectivity index (χ4n) is 1.34. The molecule has 0 saturated carbocycles. The summed E-state index contributed by atoms with van der Waals surface area (Å²) in [5, 5.41) is 4.20. The second-order valence-electron chi connectivity index (χ2n) is 3.58. The van der Waals surface area contributed by atoms with Gasteiger partial charge in [0.05, 0.1) is 12.2 Å². The first kappa shape index (κ1) is 12.9. The quantitative estimate of drug-likeness (QED) is 0.793. The van der Waals surface area contributed by atoms with Crippen LogP contribution >= 0.6 is 11.3 Å². The lowest BCUT2D eigenvalue weighted by Crippen LogP contribution is -2.23. The molecular formula is C8H12N6O2S2. The summed E-state index contributed by atoms with van der Waals surface area (Å²) in [7, 11) is -1.91. The zero-order chi connectivity index (χ0) is 13.3. The number of nitrogens with two attached hydrogens (primary N) is 1. The van der Waals surface area contributed by atoms with E-state index >= 15 is 0 Å². The fraction of sp³-hybridized carbons (Fsp3) is 0.375. The number of nitrogens with one attached hydrogen (secondary N) is 1. The minimum Gasteiger partial charge on any atom is -0.375 e. The van der Waals surface area contributed by atoms with E-state index in [0.717, 1.165) is 11.3 Å². The smallest absolute Gasteiger partial charge is 0.252 e. The third-order valence-corrected chi connectivity index (χ3v) is 5.08. The van der Waals surface area contributed by atoms with E-state index in [0.29, 0.717) is 11.5 Å². The van der Waals surface area contributed by atoms with E-state index in [1.54, 1.807) is 14.0 Å². The SMILES string of the molecule is Cc1nc(N)sc1S(=O)(=O)NCc1ncn(C)n1. The summed E-state index contributed by atoms with van der Waals surface area (Å²) in [5.74, 6) is 0.399. The van der Waals surface area contributed by atoms with Crippen molar-refractivity contribution < 1.29 is 8.42 Å². The Morgan fingerprint density at radius 2 is 2.28 bits per heavy atom. The maximum atomic E-state index is 12.0. The lowest BCUT2D eigenvalue weighted by atomic mass is 10.6. The van der Waals surface area contributed by atoms with Gasteiger partial charge in [-0.15, -0.1) is 0 Å². The summed E-state index contributed by atoms with van der Waals surface area (Å²) in [4.78, 5) is 7.81. The van der Waals surface area contributed by atoms with Crippen molar-refractivity contribution in [2.45, 2.75) is 17.7 Å². The van der Waals surface area contributed by atoms with Crippen LogP contribution in [0.15, 0.2) is 10.5 Å². The van der Waals surface area contributed by atoms with Crippen LogP contribution in [0.1, 0.15) is 11.5 Å². The molecule has 2 aromatic rings. The first-order chi connectivity index (χ1) is 8.38. The van der Waals surface area contributed by atoms with Gasteiger partial charge in [-0.05, 0) is 6.92 Å². The Bertz CT molecular complexity index is 659. The number of thiazole rings is 1. The molecule has 0 fully saturated rings. The minimum atomic E-state index is -3.62. The van der Waals surface area contributed by atoms with Crippen LogP contribution < -0.4 is 10.5 Å². The summed E-state index contributed by atoms with van der Waals surface area (Å²) in [6.07, 6.45) is 1.50. The van der Waals surface area contributed by atoms with E-state index in [-0.39, 0.29) is 15.9 Å². The van der Waals surface area contributed by atoms with E-state index in [2.05, 4.69) is 19.8 Å². The Labute approximate surface area is 108 Å². The van der Waals surface area contributed by atoms with Crippen molar-refractivity contribution in [1.82, 2.24) is 24.5 Å². The Morgan fingerprint density at radius 3 is 2.78 bits per heavy atom. The molecule has 3 N–H and O–H groups in total. The number of hydrogen-bond acceptors (Lipinski definition) is 7. The minimum absolute atomic E-state index is 0.0282. The summed E-state index contributed by atoms with van der Waals surface area (Å²) in [5.41, 5.74) is 5.86. The average Bonchev–Trinajstić information content (AvgIpc) is 2.82. The van der Waals surface area contributed by atoms with Crippen molar-refractivity contribution in [3.63, 3.8) is 0 Å². The van der Waals surface area contributed by atoms with Gasteiger partial charge in [0.2, 0.25) is 0 Å². The van der Waals surface area contributed by atoms with Crippen molar-refractivity contribution in [2.75, 3.05) is 5.73 Å². The Morgan fingerprint density at radius 1 is 1.56 bits per heavy atom. The number of sulfonamides is 1. The molecule has 0 saturated heterocycles. The molecule has 0 radical (unpaired) electrons. The second-order valence-corrected chi connectivity index (χ2v) is 6.58. The highest BCUT2D eigenvalue weighted by Crippen LogP contribution is 2.24. The Kier molecular flexibility index (Phi) is 3.32. The van der Waals surface area contributed by atoms with Gasteiger partial charge in [-0.2, -0.15) is 5.10 Å². The molecule has 2 aromatic heterocycles. The first-order valence-corrected chi connectivity index (χ1v) is 7.25. The molecule has 2 heterocycles. The molecular weight excluding hydrogens is 276 g/mol. The van der Waals surface area contributed by atoms with E-state index in [4.69, 9.17) is 5.73 Å². The monoisotopic (exact) mass is 288 g/mol. The van der Waals surface area contributed by atoms with Crippen LogP contribution in [0.5, 0.6) is 0 Å². The van der Waals surface area contributed by atoms with Crippen molar-refractivity contribution >= 4 is 26.5 Å². The van der Waals surface area contributed by atoms with Gasteiger partial charge in [-0.1, -0.05) is 11.3 Å². The summed E-state index contributed by atoms with van der Waals surface area (Å²) < 4.78 is 28.0. The largest absolute Gasteiger partial charge is 0.375 e. The zero-order valence-electron chi connectivity index (χ0n) is 9.78. The lowest BCUT2D eigenvalue weighted by Gasteiger charge is -2.02. The predicted octanol–water partition coefficient (Wildman–Crippen LogP) is -0.359. The van der Waals surface area contributed by atoms with Gasteiger partial charge in [-0.3, -0.25) is 4.68 Å². The van der Waals surface area contributed by atoms with E-state index in [9.17, 15) is 8.42 Å².